The maximum Gasteiger partial charge on any atom is 0.380 e. The van der Waals surface area contributed by atoms with Crippen molar-refractivity contribution in [1.29, 1.82) is 0 Å². The first kappa shape index (κ1) is 12.2. The van der Waals surface area contributed by atoms with Crippen LogP contribution < -0.4 is 0 Å². The lowest BCUT2D eigenvalue weighted by molar-refractivity contribution is -0.536. The van der Waals surface area contributed by atoms with Crippen molar-refractivity contribution < 1.29 is 18.1 Å². The van der Waals surface area contributed by atoms with Crippen LogP contribution in [0.2, 0.25) is 0 Å². The quantitative estimate of drug-likeness (QED) is 0.419. The molecule has 8 heteroatoms. The summed E-state index contributed by atoms with van der Waals surface area (Å²) in [5, 5.41) is 10.9. The molecule has 0 N–H and O–H groups in total. The number of rotatable bonds is 3. The molecule has 0 spiro atoms. The molecule has 0 aromatic carbocycles. The largest absolute Gasteiger partial charge is 0.380 e. The third-order valence-corrected chi connectivity index (χ3v) is 4.11. The minimum absolute atomic E-state index is 0.906. The smallest absolute Gasteiger partial charge is 0.368 e. The average Bonchev–Trinajstić information content (AvgIpc) is 2.15. The lowest BCUT2D eigenvalue weighted by Gasteiger charge is -2.26. The van der Waals surface area contributed by atoms with Crippen LogP contribution in [0.25, 0.3) is 0 Å². The molecule has 0 radical (unpaired) electrons. The SMILES string of the molecule is COC1C=CC=CC1([N+](=O)[O-])S(=O)(=O)Cl. The van der Waals surface area contributed by atoms with Crippen LogP contribution in [0.5, 0.6) is 0 Å². The van der Waals surface area contributed by atoms with E-state index in [4.69, 9.17) is 15.4 Å². The number of nitro groups is 1. The van der Waals surface area contributed by atoms with Crippen LogP contribution in [0.15, 0.2) is 24.3 Å². The van der Waals surface area contributed by atoms with Crippen LogP contribution in [0.3, 0.4) is 0 Å². The second kappa shape index (κ2) is 3.92. The zero-order chi connectivity index (χ0) is 11.7. The number of allylic oxidation sites excluding steroid dienone is 2. The van der Waals surface area contributed by atoms with Crippen LogP contribution in [0.4, 0.5) is 0 Å². The number of nitrogens with zero attached hydrogens (tertiary/aromatic N) is 1. The number of hydrogen-bond acceptors (Lipinski definition) is 5. The summed E-state index contributed by atoms with van der Waals surface area (Å²) in [4.78, 5) is 7.45. The topological polar surface area (TPSA) is 86.5 Å². The van der Waals surface area contributed by atoms with Crippen molar-refractivity contribution in [2.75, 3.05) is 7.11 Å². The molecular weight excluding hydrogens is 246 g/mol. The zero-order valence-corrected chi connectivity index (χ0v) is 9.23. The maximum absolute atomic E-state index is 11.3. The highest BCUT2D eigenvalue weighted by Crippen LogP contribution is 2.32. The highest BCUT2D eigenvalue weighted by Gasteiger charge is 2.60. The van der Waals surface area contributed by atoms with Gasteiger partial charge in [0.15, 0.2) is 6.10 Å². The summed E-state index contributed by atoms with van der Waals surface area (Å²) in [6.45, 7) is 0. The fourth-order valence-corrected chi connectivity index (χ4v) is 2.77. The Balaban J connectivity index is 3.41. The number of methoxy groups -OCH3 is 1. The molecule has 2 unspecified atom stereocenters. The highest BCUT2D eigenvalue weighted by atomic mass is 35.7. The van der Waals surface area contributed by atoms with E-state index in [0.717, 1.165) is 6.08 Å². The molecule has 0 bridgehead atoms. The molecule has 0 heterocycles. The number of ether oxygens (including phenoxy) is 1. The van der Waals surface area contributed by atoms with E-state index in [1.54, 1.807) is 0 Å². The normalized spacial score (nSPS) is 30.4. The lowest BCUT2D eigenvalue weighted by Crippen LogP contribution is -2.53. The lowest BCUT2D eigenvalue weighted by atomic mass is 10.1. The molecule has 1 aliphatic carbocycles. The van der Waals surface area contributed by atoms with Crippen molar-refractivity contribution in [2.24, 2.45) is 0 Å². The van der Waals surface area contributed by atoms with Crippen LogP contribution >= 0.6 is 10.7 Å². The van der Waals surface area contributed by atoms with Crippen molar-refractivity contribution in [2.45, 2.75) is 11.0 Å². The van der Waals surface area contributed by atoms with Gasteiger partial charge in [0.25, 0.3) is 0 Å². The van der Waals surface area contributed by atoms with Crippen molar-refractivity contribution in [3.63, 3.8) is 0 Å². The molecule has 0 amide bonds. The summed E-state index contributed by atoms with van der Waals surface area (Å²) in [6.07, 6.45) is 3.64. The highest BCUT2D eigenvalue weighted by molar-refractivity contribution is 8.14. The predicted octanol–water partition coefficient (Wildman–Crippen LogP) is 0.669. The molecule has 0 saturated carbocycles. The third kappa shape index (κ3) is 1.77. The van der Waals surface area contributed by atoms with Gasteiger partial charge in [-0.25, -0.2) is 8.42 Å². The first-order chi connectivity index (χ1) is 6.86. The second-order valence-corrected chi connectivity index (χ2v) is 5.60. The molecule has 84 valence electrons. The fraction of sp³-hybridized carbons (Fsp3) is 0.429. The third-order valence-electron chi connectivity index (χ3n) is 2.07. The maximum atomic E-state index is 11.3. The molecule has 1 rings (SSSR count). The molecule has 15 heavy (non-hydrogen) atoms. The van der Waals surface area contributed by atoms with Gasteiger partial charge in [-0.3, -0.25) is 10.1 Å². The van der Waals surface area contributed by atoms with Gasteiger partial charge in [-0.05, 0) is 6.08 Å². The minimum Gasteiger partial charge on any atom is -0.368 e. The molecule has 0 aromatic heterocycles. The van der Waals surface area contributed by atoms with E-state index >= 15 is 0 Å². The van der Waals surface area contributed by atoms with E-state index in [-0.39, 0.29) is 0 Å². The monoisotopic (exact) mass is 253 g/mol. The molecule has 0 aliphatic heterocycles. The Morgan fingerprint density at radius 1 is 1.53 bits per heavy atom. The summed E-state index contributed by atoms with van der Waals surface area (Å²) >= 11 is 0. The second-order valence-electron chi connectivity index (χ2n) is 2.85. The van der Waals surface area contributed by atoms with Gasteiger partial charge in [-0.1, -0.05) is 12.2 Å². The van der Waals surface area contributed by atoms with Gasteiger partial charge < -0.3 is 4.74 Å². The summed E-state index contributed by atoms with van der Waals surface area (Å²) in [5.74, 6) is 0. The molecule has 1 aliphatic rings. The van der Waals surface area contributed by atoms with Crippen molar-refractivity contribution >= 4 is 19.7 Å². The predicted molar refractivity (Wildman–Crippen MR) is 53.6 cm³/mol. The Morgan fingerprint density at radius 3 is 2.47 bits per heavy atom. The van der Waals surface area contributed by atoms with Gasteiger partial charge >= 0.3 is 13.9 Å². The van der Waals surface area contributed by atoms with Crippen LogP contribution in [0.1, 0.15) is 0 Å². The average molecular weight is 254 g/mol. The Morgan fingerprint density at radius 2 is 2.13 bits per heavy atom. The fourth-order valence-electron chi connectivity index (χ4n) is 1.31. The zero-order valence-electron chi connectivity index (χ0n) is 7.66. The van der Waals surface area contributed by atoms with Gasteiger partial charge in [-0.2, -0.15) is 0 Å². The summed E-state index contributed by atoms with van der Waals surface area (Å²) in [6, 6.07) is 0. The first-order valence-corrected chi connectivity index (χ1v) is 6.14. The minimum atomic E-state index is -4.44. The number of halogens is 1. The molecular formula is C7H8ClNO5S. The van der Waals surface area contributed by atoms with Crippen LogP contribution in [-0.4, -0.2) is 31.4 Å². The van der Waals surface area contributed by atoms with Crippen molar-refractivity contribution in [3.05, 3.63) is 34.4 Å². The van der Waals surface area contributed by atoms with Gasteiger partial charge in [0.05, 0.1) is 4.92 Å². The van der Waals surface area contributed by atoms with Crippen molar-refractivity contribution in [1.82, 2.24) is 0 Å². The summed E-state index contributed by atoms with van der Waals surface area (Å²) in [7, 11) is 1.84. The molecule has 6 nitrogen and oxygen atoms in total. The molecule has 0 aromatic rings. The van der Waals surface area contributed by atoms with E-state index in [9.17, 15) is 18.5 Å². The summed E-state index contributed by atoms with van der Waals surface area (Å²) in [5.41, 5.74) is 0. The Bertz CT molecular complexity index is 429. The first-order valence-electron chi connectivity index (χ1n) is 3.84. The van der Waals surface area contributed by atoms with Crippen LogP contribution in [-0.2, 0) is 13.8 Å². The van der Waals surface area contributed by atoms with Gasteiger partial charge in [0.1, 0.15) is 0 Å². The summed E-state index contributed by atoms with van der Waals surface area (Å²) < 4.78 is 27.3. The van der Waals surface area contributed by atoms with E-state index in [2.05, 4.69) is 0 Å². The number of hydrogen-bond donors (Lipinski definition) is 0. The van der Waals surface area contributed by atoms with Crippen molar-refractivity contribution in [3.8, 4) is 0 Å². The Kier molecular flexibility index (Phi) is 3.17. The standard InChI is InChI=1S/C7H8ClNO5S/c1-14-6-4-2-3-5-7(6,9(10)11)15(8,12)13/h2-6H,1H3. The van der Waals surface area contributed by atoms with E-state index in [0.29, 0.717) is 0 Å². The molecule has 0 saturated heterocycles. The molecule has 0 fully saturated rings. The van der Waals surface area contributed by atoms with E-state index in [1.165, 1.54) is 25.3 Å². The molecule has 2 atom stereocenters. The van der Waals surface area contributed by atoms with Gasteiger partial charge in [0, 0.05) is 23.9 Å². The van der Waals surface area contributed by atoms with E-state index < -0.39 is 24.9 Å². The Hall–Kier alpha value is -0.920. The van der Waals surface area contributed by atoms with Gasteiger partial charge in [-0.15, -0.1) is 0 Å². The van der Waals surface area contributed by atoms with Gasteiger partial charge in [0.2, 0.25) is 0 Å². The van der Waals surface area contributed by atoms with E-state index in [1.807, 2.05) is 0 Å². The Labute approximate surface area is 90.7 Å². The van der Waals surface area contributed by atoms with Crippen LogP contribution in [0, 0.1) is 10.1 Å².